The van der Waals surface area contributed by atoms with Gasteiger partial charge in [0.25, 0.3) is 0 Å². The highest BCUT2D eigenvalue weighted by molar-refractivity contribution is 14.0. The maximum atomic E-state index is 4.85. The van der Waals surface area contributed by atoms with E-state index in [9.17, 15) is 0 Å². The monoisotopic (exact) mass is 462 g/mol. The van der Waals surface area contributed by atoms with Gasteiger partial charge in [-0.25, -0.2) is 0 Å². The number of nitrogens with zero attached hydrogens (tertiary/aromatic N) is 2. The van der Waals surface area contributed by atoms with Gasteiger partial charge in [0.15, 0.2) is 5.96 Å². The van der Waals surface area contributed by atoms with Crippen molar-refractivity contribution in [3.05, 3.63) is 21.9 Å². The van der Waals surface area contributed by atoms with E-state index in [-0.39, 0.29) is 24.0 Å². The molecule has 1 saturated carbocycles. The van der Waals surface area contributed by atoms with Gasteiger partial charge in [-0.05, 0) is 50.1 Å². The molecule has 1 aliphatic heterocycles. The second kappa shape index (κ2) is 9.97. The Kier molecular flexibility index (Phi) is 8.30. The highest BCUT2D eigenvalue weighted by Crippen LogP contribution is 2.25. The molecule has 0 bridgehead atoms. The van der Waals surface area contributed by atoms with Gasteiger partial charge in [-0.15, -0.1) is 35.3 Å². The van der Waals surface area contributed by atoms with Crippen LogP contribution in [0.4, 0.5) is 0 Å². The van der Waals surface area contributed by atoms with Crippen LogP contribution in [0.2, 0.25) is 0 Å². The molecule has 0 radical (unpaired) electrons. The number of rotatable bonds is 5. The van der Waals surface area contributed by atoms with Crippen LogP contribution in [-0.2, 0) is 13.0 Å². The first-order valence-electron chi connectivity index (χ1n) is 9.10. The molecule has 3 rings (SSSR count). The largest absolute Gasteiger partial charge is 0.357 e. The third-order valence-electron chi connectivity index (χ3n) is 5.01. The Morgan fingerprint density at radius 2 is 2.21 bits per heavy atom. The van der Waals surface area contributed by atoms with Crippen molar-refractivity contribution in [2.24, 2.45) is 4.99 Å². The van der Waals surface area contributed by atoms with Crippen molar-refractivity contribution < 1.29 is 0 Å². The van der Waals surface area contributed by atoms with Crippen molar-refractivity contribution in [3.63, 3.8) is 0 Å². The van der Waals surface area contributed by atoms with Crippen molar-refractivity contribution in [1.82, 2.24) is 15.5 Å². The topological polar surface area (TPSA) is 39.7 Å². The fraction of sp³-hybridized carbons (Fsp3) is 0.722. The maximum absolute atomic E-state index is 4.85. The van der Waals surface area contributed by atoms with Gasteiger partial charge in [0, 0.05) is 36.6 Å². The molecule has 2 N–H and O–H groups in total. The number of thiophene rings is 1. The normalized spacial score (nSPS) is 20.3. The van der Waals surface area contributed by atoms with Crippen molar-refractivity contribution >= 4 is 41.3 Å². The fourth-order valence-corrected chi connectivity index (χ4v) is 4.46. The lowest BCUT2D eigenvalue weighted by atomic mass is 10.1. The van der Waals surface area contributed by atoms with Gasteiger partial charge < -0.3 is 10.6 Å². The number of guanidine groups is 1. The molecular formula is C18H31IN4S. The van der Waals surface area contributed by atoms with Gasteiger partial charge in [0.1, 0.15) is 0 Å². The Morgan fingerprint density at radius 3 is 2.96 bits per heavy atom. The zero-order chi connectivity index (χ0) is 16.1. The first-order valence-corrected chi connectivity index (χ1v) is 9.98. The Morgan fingerprint density at radius 1 is 1.42 bits per heavy atom. The number of nitrogens with one attached hydrogen (secondary N) is 2. The number of hydrogen-bond acceptors (Lipinski definition) is 3. The van der Waals surface area contributed by atoms with Crippen LogP contribution in [0.5, 0.6) is 0 Å². The molecule has 1 atom stereocenters. The highest BCUT2D eigenvalue weighted by Gasteiger charge is 2.21. The van der Waals surface area contributed by atoms with E-state index in [1.807, 2.05) is 11.3 Å². The first-order chi connectivity index (χ1) is 11.3. The summed E-state index contributed by atoms with van der Waals surface area (Å²) in [6.45, 7) is 8.48. The zero-order valence-electron chi connectivity index (χ0n) is 14.9. The minimum absolute atomic E-state index is 0. The minimum atomic E-state index is 0. The summed E-state index contributed by atoms with van der Waals surface area (Å²) >= 11 is 1.91. The van der Waals surface area contributed by atoms with Gasteiger partial charge in [-0.1, -0.05) is 12.8 Å². The van der Waals surface area contributed by atoms with Crippen LogP contribution in [0.25, 0.3) is 0 Å². The number of aliphatic imine (C=N–C) groups is 1. The SMILES string of the molecule is CCNC(=NCC(C)N1CCc2sccc2C1)NC1CCCC1.I. The molecule has 0 amide bonds. The lowest BCUT2D eigenvalue weighted by Crippen LogP contribution is -2.44. The summed E-state index contributed by atoms with van der Waals surface area (Å²) in [4.78, 5) is 9.00. The smallest absolute Gasteiger partial charge is 0.191 e. The molecule has 2 aliphatic rings. The first kappa shape index (κ1) is 20.0. The summed E-state index contributed by atoms with van der Waals surface area (Å²) in [5.74, 6) is 1.000. The molecular weight excluding hydrogens is 431 g/mol. The Hall–Kier alpha value is -0.340. The Bertz CT molecular complexity index is 525. The molecule has 1 aromatic heterocycles. The predicted molar refractivity (Wildman–Crippen MR) is 115 cm³/mol. The van der Waals surface area contributed by atoms with Crippen LogP contribution >= 0.6 is 35.3 Å². The molecule has 6 heteroatoms. The summed E-state index contributed by atoms with van der Waals surface area (Å²) in [5, 5.41) is 9.24. The van der Waals surface area contributed by atoms with Crippen molar-refractivity contribution in [1.29, 1.82) is 0 Å². The molecule has 24 heavy (non-hydrogen) atoms. The van der Waals surface area contributed by atoms with E-state index >= 15 is 0 Å². The maximum Gasteiger partial charge on any atom is 0.191 e. The average molecular weight is 462 g/mol. The molecule has 4 nitrogen and oxygen atoms in total. The number of halogens is 1. The summed E-state index contributed by atoms with van der Waals surface area (Å²) in [7, 11) is 0. The molecule has 0 spiro atoms. The van der Waals surface area contributed by atoms with E-state index in [2.05, 4.69) is 40.8 Å². The van der Waals surface area contributed by atoms with E-state index in [1.54, 1.807) is 4.88 Å². The Labute approximate surface area is 167 Å². The van der Waals surface area contributed by atoms with E-state index in [0.29, 0.717) is 12.1 Å². The van der Waals surface area contributed by atoms with Gasteiger partial charge in [-0.2, -0.15) is 0 Å². The van der Waals surface area contributed by atoms with Gasteiger partial charge in [-0.3, -0.25) is 9.89 Å². The molecule has 136 valence electrons. The summed E-state index contributed by atoms with van der Waals surface area (Å²) in [5.41, 5.74) is 1.52. The third-order valence-corrected chi connectivity index (χ3v) is 6.04. The van der Waals surface area contributed by atoms with Gasteiger partial charge in [0.05, 0.1) is 6.54 Å². The number of hydrogen-bond donors (Lipinski definition) is 2. The molecule has 1 aromatic rings. The predicted octanol–water partition coefficient (Wildman–Crippen LogP) is 3.61. The molecule has 0 saturated heterocycles. The van der Waals surface area contributed by atoms with E-state index < -0.39 is 0 Å². The lowest BCUT2D eigenvalue weighted by molar-refractivity contribution is 0.197. The van der Waals surface area contributed by atoms with Crippen molar-refractivity contribution in [3.8, 4) is 0 Å². The highest BCUT2D eigenvalue weighted by atomic mass is 127. The van der Waals surface area contributed by atoms with Crippen molar-refractivity contribution in [2.75, 3.05) is 19.6 Å². The fourth-order valence-electron chi connectivity index (χ4n) is 3.57. The zero-order valence-corrected chi connectivity index (χ0v) is 18.0. The summed E-state index contributed by atoms with van der Waals surface area (Å²) in [6, 6.07) is 3.39. The minimum Gasteiger partial charge on any atom is -0.357 e. The summed E-state index contributed by atoms with van der Waals surface area (Å²) in [6.07, 6.45) is 6.47. The van der Waals surface area contributed by atoms with E-state index in [4.69, 9.17) is 4.99 Å². The number of fused-ring (bicyclic) bond motifs is 1. The molecule has 0 aromatic carbocycles. The second-order valence-electron chi connectivity index (χ2n) is 6.78. The van der Waals surface area contributed by atoms with Crippen LogP contribution in [0.15, 0.2) is 16.4 Å². The lowest BCUT2D eigenvalue weighted by Gasteiger charge is -2.31. The van der Waals surface area contributed by atoms with Crippen LogP contribution in [0.3, 0.4) is 0 Å². The summed E-state index contributed by atoms with van der Waals surface area (Å²) < 4.78 is 0. The second-order valence-corrected chi connectivity index (χ2v) is 7.78. The quantitative estimate of drug-likeness (QED) is 0.399. The van der Waals surface area contributed by atoms with E-state index in [0.717, 1.165) is 32.1 Å². The van der Waals surface area contributed by atoms with Crippen LogP contribution in [-0.4, -0.2) is 42.6 Å². The molecule has 2 heterocycles. The third kappa shape index (κ3) is 5.33. The van der Waals surface area contributed by atoms with Crippen molar-refractivity contribution in [2.45, 2.75) is 64.6 Å². The van der Waals surface area contributed by atoms with Crippen LogP contribution in [0, 0.1) is 0 Å². The van der Waals surface area contributed by atoms with Crippen LogP contribution < -0.4 is 10.6 Å². The Balaban J connectivity index is 0.00000208. The van der Waals surface area contributed by atoms with Crippen LogP contribution in [0.1, 0.15) is 50.0 Å². The van der Waals surface area contributed by atoms with E-state index in [1.165, 1.54) is 37.7 Å². The average Bonchev–Trinajstić information content (AvgIpc) is 3.23. The molecule has 1 fully saturated rings. The molecule has 1 unspecified atom stereocenters. The standard InChI is InChI=1S/C18H30N4S.HI/c1-3-19-18(21-16-6-4-5-7-16)20-12-14(2)22-10-8-17-15(13-22)9-11-23-17;/h9,11,14,16H,3-8,10,12-13H2,1-2H3,(H2,19,20,21);1H. The van der Waals surface area contributed by atoms with Gasteiger partial charge in [0.2, 0.25) is 0 Å². The van der Waals surface area contributed by atoms with Gasteiger partial charge >= 0.3 is 0 Å². The molecule has 1 aliphatic carbocycles.